The van der Waals surface area contributed by atoms with Crippen LogP contribution in [0.15, 0.2) is 23.6 Å². The van der Waals surface area contributed by atoms with Gasteiger partial charge in [0.15, 0.2) is 0 Å². The van der Waals surface area contributed by atoms with Gasteiger partial charge in [0, 0.05) is 16.6 Å². The first-order valence-corrected chi connectivity index (χ1v) is 6.39. The summed E-state index contributed by atoms with van der Waals surface area (Å²) in [6.07, 6.45) is 2.24. The number of rotatable bonds is 1. The molecule has 0 radical (unpaired) electrons. The van der Waals surface area contributed by atoms with Crippen molar-refractivity contribution in [1.82, 2.24) is 4.98 Å². The zero-order valence-corrected chi connectivity index (χ0v) is 10.0. The van der Waals surface area contributed by atoms with Crippen LogP contribution in [0.4, 0.5) is 0 Å². The molecule has 3 heteroatoms. The molecule has 0 aliphatic carbocycles. The summed E-state index contributed by atoms with van der Waals surface area (Å²) in [6.45, 7) is 2.88. The van der Waals surface area contributed by atoms with Crippen molar-refractivity contribution >= 4 is 11.3 Å². The molecule has 2 nitrogen and oxygen atoms in total. The number of ether oxygens (including phenoxy) is 1. The van der Waals surface area contributed by atoms with Crippen molar-refractivity contribution in [1.29, 1.82) is 0 Å². The molecule has 0 amide bonds. The highest BCUT2D eigenvalue weighted by Crippen LogP contribution is 2.31. The molecule has 2 heterocycles. The molecule has 1 aromatic carbocycles. The molecular weight excluding hydrogens is 218 g/mol. The van der Waals surface area contributed by atoms with Gasteiger partial charge in [-0.1, -0.05) is 0 Å². The fourth-order valence-electron chi connectivity index (χ4n) is 1.98. The van der Waals surface area contributed by atoms with Gasteiger partial charge < -0.3 is 4.74 Å². The highest BCUT2D eigenvalue weighted by Gasteiger charge is 2.12. The van der Waals surface area contributed by atoms with E-state index in [1.807, 2.05) is 6.92 Å². The summed E-state index contributed by atoms with van der Waals surface area (Å²) in [5.41, 5.74) is 3.62. The smallest absolute Gasteiger partial charge is 0.123 e. The Morgan fingerprint density at radius 3 is 3.12 bits per heavy atom. The van der Waals surface area contributed by atoms with Crippen LogP contribution in [0.5, 0.6) is 5.75 Å². The Bertz CT molecular complexity index is 518. The largest absolute Gasteiger partial charge is 0.493 e. The number of aryl methyl sites for hydroxylation is 2. The molecule has 0 saturated heterocycles. The highest BCUT2D eigenvalue weighted by molar-refractivity contribution is 7.13. The van der Waals surface area contributed by atoms with Gasteiger partial charge in [0.05, 0.1) is 6.61 Å². The third-order valence-electron chi connectivity index (χ3n) is 2.77. The molecule has 0 unspecified atom stereocenters. The van der Waals surface area contributed by atoms with Crippen molar-refractivity contribution in [3.05, 3.63) is 34.8 Å². The first-order chi connectivity index (χ1) is 7.83. The molecule has 1 aromatic heterocycles. The van der Waals surface area contributed by atoms with Crippen LogP contribution >= 0.6 is 11.3 Å². The maximum Gasteiger partial charge on any atom is 0.123 e. The van der Waals surface area contributed by atoms with Crippen molar-refractivity contribution in [2.75, 3.05) is 6.61 Å². The van der Waals surface area contributed by atoms with Gasteiger partial charge in [0.1, 0.15) is 10.8 Å². The van der Waals surface area contributed by atoms with E-state index in [0.717, 1.165) is 35.9 Å². The maximum atomic E-state index is 5.60. The van der Waals surface area contributed by atoms with E-state index in [0.29, 0.717) is 0 Å². The predicted molar refractivity (Wildman–Crippen MR) is 66.1 cm³/mol. The van der Waals surface area contributed by atoms with Gasteiger partial charge in [-0.3, -0.25) is 0 Å². The van der Waals surface area contributed by atoms with Gasteiger partial charge in [-0.25, -0.2) is 4.98 Å². The average Bonchev–Trinajstić information content (AvgIpc) is 2.75. The minimum atomic E-state index is 0.850. The van der Waals surface area contributed by atoms with Crippen LogP contribution in [0.25, 0.3) is 10.6 Å². The molecule has 0 atom stereocenters. The Morgan fingerprint density at radius 2 is 2.31 bits per heavy atom. The molecule has 0 bridgehead atoms. The fraction of sp³-hybridized carbons (Fsp3) is 0.308. The normalized spacial score (nSPS) is 14.3. The standard InChI is InChI=1S/C13H13NOS/c1-9-8-16-13(14-9)11-4-5-12-10(7-11)3-2-6-15-12/h4-5,7-8H,2-3,6H2,1H3. The second-order valence-corrected chi connectivity index (χ2v) is 4.93. The Hall–Kier alpha value is -1.35. The number of benzene rings is 1. The zero-order valence-electron chi connectivity index (χ0n) is 9.19. The van der Waals surface area contributed by atoms with Crippen LogP contribution in [0, 0.1) is 6.92 Å². The number of thiazole rings is 1. The van der Waals surface area contributed by atoms with Crippen LogP contribution in [0.3, 0.4) is 0 Å². The van der Waals surface area contributed by atoms with Crippen molar-refractivity contribution < 1.29 is 4.74 Å². The zero-order chi connectivity index (χ0) is 11.0. The topological polar surface area (TPSA) is 22.1 Å². The number of hydrogen-bond acceptors (Lipinski definition) is 3. The van der Waals surface area contributed by atoms with E-state index >= 15 is 0 Å². The third kappa shape index (κ3) is 1.71. The molecule has 0 fully saturated rings. The fourth-order valence-corrected chi connectivity index (χ4v) is 2.77. The summed E-state index contributed by atoms with van der Waals surface area (Å²) in [7, 11) is 0. The molecule has 2 aromatic rings. The van der Waals surface area contributed by atoms with Crippen molar-refractivity contribution in [3.63, 3.8) is 0 Å². The number of aromatic nitrogens is 1. The summed E-state index contributed by atoms with van der Waals surface area (Å²) >= 11 is 1.70. The van der Waals surface area contributed by atoms with Crippen LogP contribution in [-0.2, 0) is 6.42 Å². The Morgan fingerprint density at radius 1 is 1.38 bits per heavy atom. The molecule has 0 saturated carbocycles. The SMILES string of the molecule is Cc1csc(-c2ccc3c(c2)CCCO3)n1. The van der Waals surface area contributed by atoms with E-state index in [1.165, 1.54) is 11.1 Å². The van der Waals surface area contributed by atoms with Gasteiger partial charge in [-0.15, -0.1) is 11.3 Å². The van der Waals surface area contributed by atoms with Crippen LogP contribution < -0.4 is 4.74 Å². The Labute approximate surface area is 98.9 Å². The number of nitrogens with zero attached hydrogens (tertiary/aromatic N) is 1. The molecule has 1 aliphatic rings. The predicted octanol–water partition coefficient (Wildman–Crippen LogP) is 3.44. The van der Waals surface area contributed by atoms with Gasteiger partial charge in [-0.05, 0) is 43.5 Å². The van der Waals surface area contributed by atoms with Crippen molar-refractivity contribution in [2.24, 2.45) is 0 Å². The summed E-state index contributed by atoms with van der Waals surface area (Å²) in [5.74, 6) is 1.04. The summed E-state index contributed by atoms with van der Waals surface area (Å²) in [6, 6.07) is 6.38. The summed E-state index contributed by atoms with van der Waals surface area (Å²) in [5, 5.41) is 3.19. The van der Waals surface area contributed by atoms with Crippen LogP contribution in [0.1, 0.15) is 17.7 Å². The quantitative estimate of drug-likeness (QED) is 0.750. The van der Waals surface area contributed by atoms with Gasteiger partial charge in [-0.2, -0.15) is 0 Å². The maximum absolute atomic E-state index is 5.60. The first-order valence-electron chi connectivity index (χ1n) is 5.51. The van der Waals surface area contributed by atoms with Gasteiger partial charge in [0.25, 0.3) is 0 Å². The minimum Gasteiger partial charge on any atom is -0.493 e. The van der Waals surface area contributed by atoms with Crippen molar-refractivity contribution in [2.45, 2.75) is 19.8 Å². The second kappa shape index (κ2) is 3.91. The highest BCUT2D eigenvalue weighted by atomic mass is 32.1. The second-order valence-electron chi connectivity index (χ2n) is 4.07. The minimum absolute atomic E-state index is 0.850. The van der Waals surface area contributed by atoms with E-state index in [2.05, 4.69) is 28.6 Å². The van der Waals surface area contributed by atoms with E-state index in [4.69, 9.17) is 4.74 Å². The number of fused-ring (bicyclic) bond motifs is 1. The Balaban J connectivity index is 2.02. The number of hydrogen-bond donors (Lipinski definition) is 0. The molecule has 0 spiro atoms. The molecule has 82 valence electrons. The van der Waals surface area contributed by atoms with E-state index in [9.17, 15) is 0 Å². The van der Waals surface area contributed by atoms with E-state index in [-0.39, 0.29) is 0 Å². The van der Waals surface area contributed by atoms with Crippen LogP contribution in [-0.4, -0.2) is 11.6 Å². The molecule has 1 aliphatic heterocycles. The lowest BCUT2D eigenvalue weighted by molar-refractivity contribution is 0.288. The van der Waals surface area contributed by atoms with Crippen LogP contribution in [0.2, 0.25) is 0 Å². The lowest BCUT2D eigenvalue weighted by Crippen LogP contribution is -2.07. The first kappa shape index (κ1) is 9.85. The third-order valence-corrected chi connectivity index (χ3v) is 3.78. The van der Waals surface area contributed by atoms with Crippen molar-refractivity contribution in [3.8, 4) is 16.3 Å². The summed E-state index contributed by atoms with van der Waals surface area (Å²) in [4.78, 5) is 4.51. The summed E-state index contributed by atoms with van der Waals surface area (Å²) < 4.78 is 5.60. The molecule has 3 rings (SSSR count). The lowest BCUT2D eigenvalue weighted by Gasteiger charge is -2.17. The molecular formula is C13H13NOS. The van der Waals surface area contributed by atoms with Gasteiger partial charge in [0.2, 0.25) is 0 Å². The lowest BCUT2D eigenvalue weighted by atomic mass is 10.0. The Kier molecular flexibility index (Phi) is 2.40. The average molecular weight is 231 g/mol. The molecule has 0 N–H and O–H groups in total. The van der Waals surface area contributed by atoms with Gasteiger partial charge >= 0.3 is 0 Å². The van der Waals surface area contributed by atoms with E-state index in [1.54, 1.807) is 11.3 Å². The monoisotopic (exact) mass is 231 g/mol. The van der Waals surface area contributed by atoms with E-state index < -0.39 is 0 Å². The molecule has 16 heavy (non-hydrogen) atoms.